The largest absolute Gasteiger partial charge is 0.372 e. The van der Waals surface area contributed by atoms with Crippen molar-refractivity contribution in [3.8, 4) is 0 Å². The first-order valence-corrected chi connectivity index (χ1v) is 11.0. The predicted molar refractivity (Wildman–Crippen MR) is 130 cm³/mol. The van der Waals surface area contributed by atoms with Gasteiger partial charge in [0.15, 0.2) is 0 Å². The maximum atomic E-state index is 13.0. The molecule has 0 aliphatic rings. The molecule has 0 bridgehead atoms. The molecule has 0 fully saturated rings. The Morgan fingerprint density at radius 1 is 0.839 bits per heavy atom. The van der Waals surface area contributed by atoms with E-state index in [4.69, 9.17) is 0 Å². The molecule has 1 N–H and O–H groups in total. The van der Waals surface area contributed by atoms with Crippen molar-refractivity contribution in [1.29, 1.82) is 0 Å². The second kappa shape index (κ2) is 11.7. The SMILES string of the molecule is CCCN(CCC)c1ccc(/C=N/NC(=O)C(c2ccccc2)c2ccccc2)cc1. The summed E-state index contributed by atoms with van der Waals surface area (Å²) in [5, 5.41) is 4.22. The van der Waals surface area contributed by atoms with E-state index < -0.39 is 5.92 Å². The molecule has 4 heteroatoms. The quantitative estimate of drug-likeness (QED) is 0.348. The molecule has 0 unspecified atom stereocenters. The van der Waals surface area contributed by atoms with Gasteiger partial charge < -0.3 is 4.90 Å². The second-order valence-corrected chi connectivity index (χ2v) is 7.57. The lowest BCUT2D eigenvalue weighted by molar-refractivity contribution is -0.121. The first-order valence-electron chi connectivity index (χ1n) is 11.0. The lowest BCUT2D eigenvalue weighted by Gasteiger charge is -2.23. The number of hydrazone groups is 1. The molecule has 1 amide bonds. The van der Waals surface area contributed by atoms with E-state index in [2.05, 4.69) is 41.4 Å². The first kappa shape index (κ1) is 22.3. The van der Waals surface area contributed by atoms with Crippen LogP contribution >= 0.6 is 0 Å². The Hall–Kier alpha value is -3.40. The summed E-state index contributed by atoms with van der Waals surface area (Å²) in [5.41, 5.74) is 6.78. The zero-order valence-electron chi connectivity index (χ0n) is 18.4. The van der Waals surface area contributed by atoms with Crippen molar-refractivity contribution in [3.63, 3.8) is 0 Å². The lowest BCUT2D eigenvalue weighted by Crippen LogP contribution is -2.26. The number of carbonyl (C=O) groups excluding carboxylic acids is 1. The van der Waals surface area contributed by atoms with Gasteiger partial charge in [-0.05, 0) is 41.7 Å². The predicted octanol–water partition coefficient (Wildman–Crippen LogP) is 5.60. The lowest BCUT2D eigenvalue weighted by atomic mass is 9.91. The van der Waals surface area contributed by atoms with Gasteiger partial charge in [0.1, 0.15) is 0 Å². The van der Waals surface area contributed by atoms with Gasteiger partial charge in [-0.3, -0.25) is 4.79 Å². The maximum Gasteiger partial charge on any atom is 0.252 e. The van der Waals surface area contributed by atoms with Crippen LogP contribution in [0.1, 0.15) is 49.3 Å². The van der Waals surface area contributed by atoms with Crippen LogP contribution in [0.15, 0.2) is 90.0 Å². The maximum absolute atomic E-state index is 13.0. The molecule has 0 saturated carbocycles. The Morgan fingerprint density at radius 2 is 1.35 bits per heavy atom. The fourth-order valence-electron chi connectivity index (χ4n) is 3.70. The van der Waals surface area contributed by atoms with Crippen LogP contribution < -0.4 is 10.3 Å². The van der Waals surface area contributed by atoms with Gasteiger partial charge >= 0.3 is 0 Å². The molecule has 4 nitrogen and oxygen atoms in total. The molecule has 0 atom stereocenters. The molecule has 0 saturated heterocycles. The van der Waals surface area contributed by atoms with E-state index in [1.165, 1.54) is 5.69 Å². The van der Waals surface area contributed by atoms with Gasteiger partial charge in [-0.2, -0.15) is 5.10 Å². The number of nitrogens with zero attached hydrogens (tertiary/aromatic N) is 2. The number of hydrogen-bond donors (Lipinski definition) is 1. The minimum absolute atomic E-state index is 0.151. The number of carbonyl (C=O) groups is 1. The minimum atomic E-state index is -0.404. The number of rotatable bonds is 10. The van der Waals surface area contributed by atoms with E-state index in [0.29, 0.717) is 0 Å². The summed E-state index contributed by atoms with van der Waals surface area (Å²) in [4.78, 5) is 15.4. The Morgan fingerprint density at radius 3 is 1.84 bits per heavy atom. The molecular formula is C27H31N3O. The third kappa shape index (κ3) is 6.29. The smallest absolute Gasteiger partial charge is 0.252 e. The van der Waals surface area contributed by atoms with Gasteiger partial charge in [0.25, 0.3) is 5.91 Å². The molecular weight excluding hydrogens is 382 g/mol. The van der Waals surface area contributed by atoms with Crippen molar-refractivity contribution in [2.45, 2.75) is 32.6 Å². The van der Waals surface area contributed by atoms with E-state index in [9.17, 15) is 4.79 Å². The topological polar surface area (TPSA) is 44.7 Å². The summed E-state index contributed by atoms with van der Waals surface area (Å²) in [7, 11) is 0. The highest BCUT2D eigenvalue weighted by atomic mass is 16.2. The molecule has 0 spiro atoms. The van der Waals surface area contributed by atoms with Gasteiger partial charge in [-0.15, -0.1) is 0 Å². The van der Waals surface area contributed by atoms with E-state index >= 15 is 0 Å². The molecule has 0 heterocycles. The van der Waals surface area contributed by atoms with Crippen LogP contribution in [0.25, 0.3) is 0 Å². The zero-order valence-corrected chi connectivity index (χ0v) is 18.4. The van der Waals surface area contributed by atoms with Crippen molar-refractivity contribution in [2.75, 3.05) is 18.0 Å². The number of amides is 1. The standard InChI is InChI=1S/C27H31N3O/c1-3-19-30(20-4-2)25-17-15-22(16-18-25)21-28-29-27(31)26(23-11-7-5-8-12-23)24-13-9-6-10-14-24/h5-18,21,26H,3-4,19-20H2,1-2H3,(H,29,31)/b28-21+. The van der Waals surface area contributed by atoms with E-state index in [1.54, 1.807) is 6.21 Å². The number of hydrogen-bond acceptors (Lipinski definition) is 3. The normalized spacial score (nSPS) is 11.1. The average molecular weight is 414 g/mol. The van der Waals surface area contributed by atoms with Crippen LogP contribution in [0.5, 0.6) is 0 Å². The molecule has 0 aliphatic carbocycles. The number of anilines is 1. The Kier molecular flexibility index (Phi) is 8.41. The van der Waals surface area contributed by atoms with Gasteiger partial charge in [0.2, 0.25) is 0 Å². The van der Waals surface area contributed by atoms with Gasteiger partial charge in [-0.1, -0.05) is 86.6 Å². The van der Waals surface area contributed by atoms with Crippen molar-refractivity contribution in [2.24, 2.45) is 5.10 Å². The highest BCUT2D eigenvalue weighted by molar-refractivity contribution is 5.88. The molecule has 3 aromatic rings. The second-order valence-electron chi connectivity index (χ2n) is 7.57. The summed E-state index contributed by atoms with van der Waals surface area (Å²) >= 11 is 0. The molecule has 31 heavy (non-hydrogen) atoms. The molecule has 3 aromatic carbocycles. The Balaban J connectivity index is 1.69. The van der Waals surface area contributed by atoms with Crippen LogP contribution in [0.3, 0.4) is 0 Å². The summed E-state index contributed by atoms with van der Waals surface area (Å²) in [5.74, 6) is -0.555. The Bertz CT molecular complexity index is 907. The van der Waals surface area contributed by atoms with Crippen LogP contribution in [0.2, 0.25) is 0 Å². The van der Waals surface area contributed by atoms with Crippen LogP contribution in [0, 0.1) is 0 Å². The van der Waals surface area contributed by atoms with Crippen molar-refractivity contribution in [1.82, 2.24) is 5.43 Å². The van der Waals surface area contributed by atoms with Gasteiger partial charge in [0.05, 0.1) is 12.1 Å². The van der Waals surface area contributed by atoms with Crippen LogP contribution in [-0.2, 0) is 4.79 Å². The molecule has 0 aliphatic heterocycles. The summed E-state index contributed by atoms with van der Waals surface area (Å²) in [6.07, 6.45) is 3.94. The van der Waals surface area contributed by atoms with E-state index in [-0.39, 0.29) is 5.91 Å². The monoisotopic (exact) mass is 413 g/mol. The minimum Gasteiger partial charge on any atom is -0.372 e. The van der Waals surface area contributed by atoms with Crippen molar-refractivity contribution in [3.05, 3.63) is 102 Å². The van der Waals surface area contributed by atoms with Gasteiger partial charge in [-0.25, -0.2) is 5.43 Å². The zero-order chi connectivity index (χ0) is 21.9. The summed E-state index contributed by atoms with van der Waals surface area (Å²) in [6, 6.07) is 27.9. The summed E-state index contributed by atoms with van der Waals surface area (Å²) in [6.45, 7) is 6.50. The number of benzene rings is 3. The Labute approximate surface area is 185 Å². The van der Waals surface area contributed by atoms with Gasteiger partial charge in [0, 0.05) is 18.8 Å². The average Bonchev–Trinajstić information content (AvgIpc) is 2.81. The highest BCUT2D eigenvalue weighted by Gasteiger charge is 2.22. The highest BCUT2D eigenvalue weighted by Crippen LogP contribution is 2.24. The van der Waals surface area contributed by atoms with Crippen LogP contribution in [0.4, 0.5) is 5.69 Å². The number of nitrogens with one attached hydrogen (secondary N) is 1. The first-order chi connectivity index (χ1) is 15.2. The van der Waals surface area contributed by atoms with E-state index in [1.807, 2.05) is 72.8 Å². The third-order valence-corrected chi connectivity index (χ3v) is 5.16. The summed E-state index contributed by atoms with van der Waals surface area (Å²) < 4.78 is 0. The van der Waals surface area contributed by atoms with Crippen molar-refractivity contribution >= 4 is 17.8 Å². The fraction of sp³-hybridized carbons (Fsp3) is 0.259. The fourth-order valence-corrected chi connectivity index (χ4v) is 3.70. The molecule has 0 aromatic heterocycles. The third-order valence-electron chi connectivity index (χ3n) is 5.16. The molecule has 3 rings (SSSR count). The van der Waals surface area contributed by atoms with Crippen molar-refractivity contribution < 1.29 is 4.79 Å². The molecule has 0 radical (unpaired) electrons. The molecule has 160 valence electrons. The van der Waals surface area contributed by atoms with Crippen LogP contribution in [-0.4, -0.2) is 25.2 Å². The van der Waals surface area contributed by atoms with E-state index in [0.717, 1.165) is 42.6 Å².